The minimum absolute atomic E-state index is 0.0909. The van der Waals surface area contributed by atoms with Crippen molar-refractivity contribution in [2.45, 2.75) is 33.2 Å². The molecule has 150 valence electrons. The monoisotopic (exact) mass is 408 g/mol. The van der Waals surface area contributed by atoms with Crippen LogP contribution in [0.25, 0.3) is 0 Å². The second-order valence-electron chi connectivity index (χ2n) is 7.21. The Balaban J connectivity index is 1.75. The SMILES string of the molecule is CCOC(=O)c1c(C)[nH]c(C(=O)N2CCc3sccc3C2c2ccccc2)c1C. The number of aromatic amines is 1. The average Bonchev–Trinajstić information content (AvgIpc) is 3.31. The standard InChI is InChI=1S/C23H24N2O3S/c1-4-28-23(27)19-14(2)20(24-15(19)3)22(26)25-12-10-18-17(11-13-29-18)21(25)16-8-6-5-7-9-16/h5-9,11,13,21,24H,4,10,12H2,1-3H3. The zero-order chi connectivity index (χ0) is 20.5. The molecule has 0 spiro atoms. The Morgan fingerprint density at radius 3 is 2.69 bits per heavy atom. The molecule has 4 rings (SSSR count). The van der Waals surface area contributed by atoms with Gasteiger partial charge in [0.05, 0.1) is 18.2 Å². The Bertz CT molecular complexity index is 1050. The number of fused-ring (bicyclic) bond motifs is 1. The Labute approximate surface area is 174 Å². The van der Waals surface area contributed by atoms with Crippen LogP contribution in [0.15, 0.2) is 41.8 Å². The molecule has 0 radical (unpaired) electrons. The summed E-state index contributed by atoms with van der Waals surface area (Å²) >= 11 is 1.75. The van der Waals surface area contributed by atoms with Gasteiger partial charge < -0.3 is 14.6 Å². The molecule has 2 aromatic heterocycles. The molecule has 0 saturated heterocycles. The minimum atomic E-state index is -0.392. The van der Waals surface area contributed by atoms with E-state index in [1.54, 1.807) is 32.1 Å². The molecule has 0 fully saturated rings. The topological polar surface area (TPSA) is 62.4 Å². The number of thiophene rings is 1. The number of esters is 1. The predicted octanol–water partition coefficient (Wildman–Crippen LogP) is 4.66. The van der Waals surface area contributed by atoms with Crippen molar-refractivity contribution < 1.29 is 14.3 Å². The summed E-state index contributed by atoms with van der Waals surface area (Å²) < 4.78 is 5.17. The number of aryl methyl sites for hydroxylation is 1. The largest absolute Gasteiger partial charge is 0.462 e. The molecule has 0 saturated carbocycles. The van der Waals surface area contributed by atoms with Crippen LogP contribution in [0.1, 0.15) is 61.1 Å². The highest BCUT2D eigenvalue weighted by Crippen LogP contribution is 2.38. The van der Waals surface area contributed by atoms with E-state index in [1.807, 2.05) is 23.1 Å². The van der Waals surface area contributed by atoms with E-state index in [1.165, 1.54) is 10.4 Å². The molecule has 6 heteroatoms. The van der Waals surface area contributed by atoms with Gasteiger partial charge in [0.15, 0.2) is 0 Å². The summed E-state index contributed by atoms with van der Waals surface area (Å²) in [5.74, 6) is -0.483. The molecule has 1 atom stereocenters. The third-order valence-electron chi connectivity index (χ3n) is 5.47. The van der Waals surface area contributed by atoms with Gasteiger partial charge in [-0.15, -0.1) is 11.3 Å². The molecule has 1 amide bonds. The van der Waals surface area contributed by atoms with Crippen LogP contribution in [0.5, 0.6) is 0 Å². The predicted molar refractivity (Wildman–Crippen MR) is 114 cm³/mol. The Morgan fingerprint density at radius 1 is 1.21 bits per heavy atom. The molecule has 1 aliphatic rings. The first kappa shape index (κ1) is 19.5. The number of ether oxygens (including phenoxy) is 1. The summed E-state index contributed by atoms with van der Waals surface area (Å²) in [4.78, 5) is 32.4. The highest BCUT2D eigenvalue weighted by molar-refractivity contribution is 7.10. The third-order valence-corrected chi connectivity index (χ3v) is 6.47. The van der Waals surface area contributed by atoms with Gasteiger partial charge in [-0.1, -0.05) is 30.3 Å². The van der Waals surface area contributed by atoms with Crippen molar-refractivity contribution >= 4 is 23.2 Å². The van der Waals surface area contributed by atoms with Gasteiger partial charge in [0, 0.05) is 17.1 Å². The molecule has 1 aliphatic heterocycles. The molecule has 29 heavy (non-hydrogen) atoms. The number of H-pyrrole nitrogens is 1. The Hall–Kier alpha value is -2.86. The van der Waals surface area contributed by atoms with Crippen LogP contribution in [0.3, 0.4) is 0 Å². The summed E-state index contributed by atoms with van der Waals surface area (Å²) in [6.07, 6.45) is 0.839. The third kappa shape index (κ3) is 3.38. The lowest BCUT2D eigenvalue weighted by Gasteiger charge is -2.36. The number of nitrogens with one attached hydrogen (secondary N) is 1. The smallest absolute Gasteiger partial charge is 0.340 e. The van der Waals surface area contributed by atoms with Gasteiger partial charge in [-0.05, 0) is 55.3 Å². The van der Waals surface area contributed by atoms with Crippen molar-refractivity contribution in [3.05, 3.63) is 80.3 Å². The van der Waals surface area contributed by atoms with Crippen LogP contribution in [0.4, 0.5) is 0 Å². The van der Waals surface area contributed by atoms with E-state index in [0.29, 0.717) is 35.7 Å². The van der Waals surface area contributed by atoms with E-state index in [0.717, 1.165) is 12.0 Å². The normalized spacial score (nSPS) is 15.8. The van der Waals surface area contributed by atoms with Gasteiger partial charge in [-0.3, -0.25) is 4.79 Å². The molecule has 0 aliphatic carbocycles. The highest BCUT2D eigenvalue weighted by atomic mass is 32.1. The van der Waals surface area contributed by atoms with Gasteiger partial charge in [-0.25, -0.2) is 4.79 Å². The van der Waals surface area contributed by atoms with Crippen molar-refractivity contribution in [1.29, 1.82) is 0 Å². The number of hydrogen-bond acceptors (Lipinski definition) is 4. The summed E-state index contributed by atoms with van der Waals surface area (Å²) in [6, 6.07) is 12.1. The second-order valence-corrected chi connectivity index (χ2v) is 8.21. The number of hydrogen-bond donors (Lipinski definition) is 1. The molecule has 0 bridgehead atoms. The number of carbonyl (C=O) groups is 2. The fourth-order valence-electron chi connectivity index (χ4n) is 4.15. The summed E-state index contributed by atoms with van der Waals surface area (Å²) in [6.45, 7) is 6.32. The van der Waals surface area contributed by atoms with E-state index in [9.17, 15) is 9.59 Å². The van der Waals surface area contributed by atoms with Crippen LogP contribution >= 0.6 is 11.3 Å². The molecule has 1 N–H and O–H groups in total. The molecule has 1 unspecified atom stereocenters. The number of amides is 1. The van der Waals surface area contributed by atoms with Gasteiger partial charge in [-0.2, -0.15) is 0 Å². The fraction of sp³-hybridized carbons (Fsp3) is 0.304. The molecule has 3 heterocycles. The zero-order valence-corrected chi connectivity index (χ0v) is 17.6. The lowest BCUT2D eigenvalue weighted by atomic mass is 9.93. The van der Waals surface area contributed by atoms with Crippen molar-refractivity contribution in [3.63, 3.8) is 0 Å². The summed E-state index contributed by atoms with van der Waals surface area (Å²) in [5, 5.41) is 2.09. The van der Waals surface area contributed by atoms with Crippen molar-refractivity contribution in [2.75, 3.05) is 13.2 Å². The summed E-state index contributed by atoms with van der Waals surface area (Å²) in [7, 11) is 0. The van der Waals surface area contributed by atoms with E-state index < -0.39 is 5.97 Å². The molecule has 5 nitrogen and oxygen atoms in total. The van der Waals surface area contributed by atoms with Crippen LogP contribution in [-0.2, 0) is 11.2 Å². The Kier molecular flexibility index (Phi) is 5.28. The van der Waals surface area contributed by atoms with E-state index in [-0.39, 0.29) is 11.9 Å². The second kappa shape index (κ2) is 7.87. The number of aromatic nitrogens is 1. The lowest BCUT2D eigenvalue weighted by Crippen LogP contribution is -2.40. The van der Waals surface area contributed by atoms with Crippen LogP contribution < -0.4 is 0 Å². The molecular weight excluding hydrogens is 384 g/mol. The van der Waals surface area contributed by atoms with Crippen LogP contribution in [-0.4, -0.2) is 34.9 Å². The van der Waals surface area contributed by atoms with Gasteiger partial charge in [0.2, 0.25) is 0 Å². The fourth-order valence-corrected chi connectivity index (χ4v) is 5.05. The van der Waals surface area contributed by atoms with Crippen LogP contribution in [0, 0.1) is 13.8 Å². The molecule has 3 aromatic rings. The minimum Gasteiger partial charge on any atom is -0.462 e. The number of nitrogens with zero attached hydrogens (tertiary/aromatic N) is 1. The number of rotatable bonds is 4. The average molecular weight is 409 g/mol. The Morgan fingerprint density at radius 2 is 1.97 bits per heavy atom. The van der Waals surface area contributed by atoms with E-state index in [2.05, 4.69) is 28.6 Å². The van der Waals surface area contributed by atoms with Gasteiger partial charge >= 0.3 is 5.97 Å². The number of benzene rings is 1. The lowest BCUT2D eigenvalue weighted by molar-refractivity contribution is 0.0525. The van der Waals surface area contributed by atoms with Gasteiger partial charge in [0.1, 0.15) is 5.69 Å². The van der Waals surface area contributed by atoms with Crippen LogP contribution in [0.2, 0.25) is 0 Å². The molecule has 1 aromatic carbocycles. The zero-order valence-electron chi connectivity index (χ0n) is 16.8. The van der Waals surface area contributed by atoms with E-state index in [4.69, 9.17) is 4.74 Å². The van der Waals surface area contributed by atoms with Crippen molar-refractivity contribution in [3.8, 4) is 0 Å². The first-order valence-electron chi connectivity index (χ1n) is 9.81. The first-order chi connectivity index (χ1) is 14.0. The van der Waals surface area contributed by atoms with Gasteiger partial charge in [0.25, 0.3) is 5.91 Å². The maximum Gasteiger partial charge on any atom is 0.340 e. The first-order valence-corrected chi connectivity index (χ1v) is 10.7. The van der Waals surface area contributed by atoms with Crippen molar-refractivity contribution in [1.82, 2.24) is 9.88 Å². The maximum absolute atomic E-state index is 13.6. The quantitative estimate of drug-likeness (QED) is 0.639. The molecular formula is C23H24N2O3S. The maximum atomic E-state index is 13.6. The highest BCUT2D eigenvalue weighted by Gasteiger charge is 2.35. The van der Waals surface area contributed by atoms with Crippen molar-refractivity contribution in [2.24, 2.45) is 0 Å². The number of carbonyl (C=O) groups excluding carboxylic acids is 2. The van der Waals surface area contributed by atoms with E-state index >= 15 is 0 Å². The summed E-state index contributed by atoms with van der Waals surface area (Å²) in [5.41, 5.74) is 4.51.